The van der Waals surface area contributed by atoms with Gasteiger partial charge in [-0.05, 0) is 49.7 Å². The molecule has 1 heterocycles. The van der Waals surface area contributed by atoms with E-state index in [0.717, 1.165) is 36.0 Å². The Hall–Kier alpha value is -1.07. The van der Waals surface area contributed by atoms with Gasteiger partial charge in [0.2, 0.25) is 0 Å². The average molecular weight is 328 g/mol. The number of carboxylic acid groups (broad SMARTS) is 1. The van der Waals surface area contributed by atoms with Crippen LogP contribution >= 0.6 is 15.9 Å². The van der Waals surface area contributed by atoms with E-state index in [4.69, 9.17) is 4.74 Å². The fourth-order valence-electron chi connectivity index (χ4n) is 2.52. The largest absolute Gasteiger partial charge is 0.497 e. The Morgan fingerprint density at radius 2 is 2.05 bits per heavy atom. The molecule has 1 aliphatic heterocycles. The van der Waals surface area contributed by atoms with Crippen LogP contribution in [-0.2, 0) is 4.79 Å². The van der Waals surface area contributed by atoms with Gasteiger partial charge in [-0.15, -0.1) is 0 Å². The van der Waals surface area contributed by atoms with Crippen LogP contribution in [0.25, 0.3) is 0 Å². The standard InChI is InChI=1S/C14H18BrNO3/c1-19-10-5-6-12(15)11(9-10)13(14(17)18)16-7-3-2-4-8-16/h5-6,9,13H,2-4,7-8H2,1H3,(H,17,18). The summed E-state index contributed by atoms with van der Waals surface area (Å²) in [7, 11) is 1.59. The van der Waals surface area contributed by atoms with E-state index in [2.05, 4.69) is 15.9 Å². The van der Waals surface area contributed by atoms with E-state index in [1.807, 2.05) is 17.0 Å². The second kappa shape index (κ2) is 6.39. The van der Waals surface area contributed by atoms with Crippen molar-refractivity contribution in [2.24, 2.45) is 0 Å². The molecule has 1 aromatic rings. The number of likely N-dealkylation sites (tertiary alicyclic amines) is 1. The lowest BCUT2D eigenvalue weighted by Crippen LogP contribution is -2.38. The van der Waals surface area contributed by atoms with Crippen molar-refractivity contribution in [2.75, 3.05) is 20.2 Å². The van der Waals surface area contributed by atoms with Gasteiger partial charge in [0, 0.05) is 4.47 Å². The number of halogens is 1. The number of benzene rings is 1. The number of ether oxygens (including phenoxy) is 1. The van der Waals surface area contributed by atoms with E-state index in [0.29, 0.717) is 5.75 Å². The summed E-state index contributed by atoms with van der Waals surface area (Å²) in [6.07, 6.45) is 3.30. The maximum atomic E-state index is 11.6. The summed E-state index contributed by atoms with van der Waals surface area (Å²) in [6.45, 7) is 1.67. The Bertz CT molecular complexity index is 458. The third-order valence-corrected chi connectivity index (χ3v) is 4.21. The van der Waals surface area contributed by atoms with Crippen LogP contribution in [-0.4, -0.2) is 36.2 Å². The van der Waals surface area contributed by atoms with Gasteiger partial charge in [0.1, 0.15) is 11.8 Å². The lowest BCUT2D eigenvalue weighted by atomic mass is 10.0. The molecule has 1 unspecified atom stereocenters. The van der Waals surface area contributed by atoms with Gasteiger partial charge in [-0.3, -0.25) is 9.69 Å². The molecule has 1 fully saturated rings. The second-order valence-electron chi connectivity index (χ2n) is 4.72. The van der Waals surface area contributed by atoms with E-state index in [-0.39, 0.29) is 0 Å². The maximum Gasteiger partial charge on any atom is 0.325 e. The smallest absolute Gasteiger partial charge is 0.325 e. The molecule has 0 aromatic heterocycles. The van der Waals surface area contributed by atoms with E-state index < -0.39 is 12.0 Å². The molecule has 1 aromatic carbocycles. The van der Waals surface area contributed by atoms with Crippen LogP contribution in [0.15, 0.2) is 22.7 Å². The highest BCUT2D eigenvalue weighted by Crippen LogP contribution is 2.33. The molecule has 1 atom stereocenters. The molecule has 5 heteroatoms. The molecule has 19 heavy (non-hydrogen) atoms. The first kappa shape index (κ1) is 14.3. The average Bonchev–Trinajstić information content (AvgIpc) is 2.42. The normalized spacial score (nSPS) is 18.0. The van der Waals surface area contributed by atoms with E-state index >= 15 is 0 Å². The maximum absolute atomic E-state index is 11.6. The molecule has 1 aliphatic rings. The van der Waals surface area contributed by atoms with Gasteiger partial charge in [-0.2, -0.15) is 0 Å². The van der Waals surface area contributed by atoms with Crippen LogP contribution in [0.2, 0.25) is 0 Å². The lowest BCUT2D eigenvalue weighted by molar-refractivity contribution is -0.144. The monoisotopic (exact) mass is 327 g/mol. The number of hydrogen-bond acceptors (Lipinski definition) is 3. The molecule has 0 amide bonds. The summed E-state index contributed by atoms with van der Waals surface area (Å²) < 4.78 is 6.01. The summed E-state index contributed by atoms with van der Waals surface area (Å²) in [4.78, 5) is 13.7. The molecule has 0 spiro atoms. The zero-order valence-corrected chi connectivity index (χ0v) is 12.5. The lowest BCUT2D eigenvalue weighted by Gasteiger charge is -2.32. The first-order valence-electron chi connectivity index (χ1n) is 6.44. The summed E-state index contributed by atoms with van der Waals surface area (Å²) in [5.74, 6) is -0.127. The van der Waals surface area contributed by atoms with Crippen molar-refractivity contribution in [3.05, 3.63) is 28.2 Å². The van der Waals surface area contributed by atoms with Gasteiger partial charge in [0.05, 0.1) is 7.11 Å². The van der Waals surface area contributed by atoms with Crippen LogP contribution in [0.3, 0.4) is 0 Å². The number of nitrogens with zero attached hydrogens (tertiary/aromatic N) is 1. The molecule has 104 valence electrons. The zero-order chi connectivity index (χ0) is 13.8. The van der Waals surface area contributed by atoms with E-state index in [1.54, 1.807) is 13.2 Å². The minimum absolute atomic E-state index is 0.607. The predicted molar refractivity (Wildman–Crippen MR) is 76.5 cm³/mol. The third-order valence-electron chi connectivity index (χ3n) is 3.49. The SMILES string of the molecule is COc1ccc(Br)c(C(C(=O)O)N2CCCCC2)c1. The number of rotatable bonds is 4. The summed E-state index contributed by atoms with van der Waals surface area (Å²) in [6, 6.07) is 4.86. The van der Waals surface area contributed by atoms with Gasteiger partial charge < -0.3 is 9.84 Å². The van der Waals surface area contributed by atoms with Gasteiger partial charge in [-0.25, -0.2) is 0 Å². The summed E-state index contributed by atoms with van der Waals surface area (Å²) >= 11 is 3.45. The van der Waals surface area contributed by atoms with Crippen molar-refractivity contribution in [1.29, 1.82) is 0 Å². The van der Waals surface area contributed by atoms with Gasteiger partial charge >= 0.3 is 5.97 Å². The topological polar surface area (TPSA) is 49.8 Å². The first-order chi connectivity index (χ1) is 9.13. The molecule has 4 nitrogen and oxygen atoms in total. The van der Waals surface area contributed by atoms with E-state index in [1.165, 1.54) is 6.42 Å². The van der Waals surface area contributed by atoms with Gasteiger partial charge in [0.15, 0.2) is 0 Å². The fraction of sp³-hybridized carbons (Fsp3) is 0.500. The van der Waals surface area contributed by atoms with Crippen LogP contribution in [0, 0.1) is 0 Å². The molecule has 1 N–H and O–H groups in total. The van der Waals surface area contributed by atoms with Crippen LogP contribution < -0.4 is 4.74 Å². The molecule has 0 bridgehead atoms. The van der Waals surface area contributed by atoms with Crippen molar-refractivity contribution in [3.8, 4) is 5.75 Å². The third kappa shape index (κ3) is 3.28. The Labute approximate surface area is 121 Å². The number of aliphatic carboxylic acids is 1. The number of methoxy groups -OCH3 is 1. The van der Waals surface area contributed by atoms with Gasteiger partial charge in [0.25, 0.3) is 0 Å². The number of hydrogen-bond donors (Lipinski definition) is 1. The number of carbonyl (C=O) groups is 1. The predicted octanol–water partition coefficient (Wildman–Crippen LogP) is 3.07. The molecule has 0 saturated carbocycles. The Morgan fingerprint density at radius 3 is 2.63 bits per heavy atom. The van der Waals surface area contributed by atoms with Crippen LogP contribution in [0.1, 0.15) is 30.9 Å². The summed E-state index contributed by atoms with van der Waals surface area (Å²) in [5.41, 5.74) is 0.758. The number of piperidine rings is 1. The van der Waals surface area contributed by atoms with Crippen LogP contribution in [0.5, 0.6) is 5.75 Å². The molecule has 0 aliphatic carbocycles. The molecule has 1 saturated heterocycles. The molecule has 0 radical (unpaired) electrons. The highest BCUT2D eigenvalue weighted by Gasteiger charge is 2.30. The quantitative estimate of drug-likeness (QED) is 0.923. The molecular weight excluding hydrogens is 310 g/mol. The highest BCUT2D eigenvalue weighted by molar-refractivity contribution is 9.10. The van der Waals surface area contributed by atoms with Gasteiger partial charge in [-0.1, -0.05) is 22.4 Å². The fourth-order valence-corrected chi connectivity index (χ4v) is 2.98. The van der Waals surface area contributed by atoms with Crippen molar-refractivity contribution >= 4 is 21.9 Å². The zero-order valence-electron chi connectivity index (χ0n) is 10.9. The van der Waals surface area contributed by atoms with Crippen LogP contribution in [0.4, 0.5) is 0 Å². The minimum Gasteiger partial charge on any atom is -0.497 e. The highest BCUT2D eigenvalue weighted by atomic mass is 79.9. The van der Waals surface area contributed by atoms with Crippen molar-refractivity contribution in [2.45, 2.75) is 25.3 Å². The Kier molecular flexibility index (Phi) is 4.82. The second-order valence-corrected chi connectivity index (χ2v) is 5.58. The Balaban J connectivity index is 2.35. The van der Waals surface area contributed by atoms with Crippen molar-refractivity contribution < 1.29 is 14.6 Å². The molecule has 2 rings (SSSR count). The summed E-state index contributed by atoms with van der Waals surface area (Å²) in [5, 5.41) is 9.56. The number of carboxylic acids is 1. The first-order valence-corrected chi connectivity index (χ1v) is 7.23. The molecular formula is C14H18BrNO3. The van der Waals surface area contributed by atoms with Crippen molar-refractivity contribution in [3.63, 3.8) is 0 Å². The Morgan fingerprint density at radius 1 is 1.37 bits per heavy atom. The minimum atomic E-state index is -0.809. The van der Waals surface area contributed by atoms with E-state index in [9.17, 15) is 9.90 Å². The van der Waals surface area contributed by atoms with Crippen molar-refractivity contribution in [1.82, 2.24) is 4.90 Å².